The highest BCUT2D eigenvalue weighted by molar-refractivity contribution is 6.30. The zero-order valence-electron chi connectivity index (χ0n) is 14.3. The van der Waals surface area contributed by atoms with Crippen LogP contribution in [0, 0.1) is 6.92 Å². The minimum atomic E-state index is 0.392. The molecule has 8 heteroatoms. The summed E-state index contributed by atoms with van der Waals surface area (Å²) < 4.78 is 7.24. The molecule has 0 spiro atoms. The van der Waals surface area contributed by atoms with Crippen molar-refractivity contribution < 1.29 is 4.74 Å². The second-order valence-electron chi connectivity index (χ2n) is 6.38. The second-order valence-corrected chi connectivity index (χ2v) is 6.82. The molecule has 0 amide bonds. The van der Waals surface area contributed by atoms with E-state index in [4.69, 9.17) is 16.3 Å². The van der Waals surface area contributed by atoms with Gasteiger partial charge in [0.1, 0.15) is 11.4 Å². The zero-order valence-corrected chi connectivity index (χ0v) is 15.1. The van der Waals surface area contributed by atoms with Crippen LogP contribution in [0.25, 0.3) is 16.7 Å². The molecule has 4 rings (SSSR count). The summed E-state index contributed by atoms with van der Waals surface area (Å²) in [5.41, 5.74) is 2.46. The standard InChI is InChI=1S/C17H19ClN6O/c1-10-4-12(18)5-14(25-3)15(10)24-7-11-6-19-17(21-16(11)22-24)20-13-8-23(2)9-13/h4-7,13H,8-9H2,1-3H3,(H,20,21,22). The van der Waals surface area contributed by atoms with Crippen molar-refractivity contribution >= 4 is 28.6 Å². The van der Waals surface area contributed by atoms with E-state index in [-0.39, 0.29) is 0 Å². The van der Waals surface area contributed by atoms with Crippen LogP contribution in [0.15, 0.2) is 24.5 Å². The van der Waals surface area contributed by atoms with E-state index in [1.807, 2.05) is 19.2 Å². The lowest BCUT2D eigenvalue weighted by Crippen LogP contribution is -2.52. The van der Waals surface area contributed by atoms with Gasteiger partial charge in [-0.2, -0.15) is 4.98 Å². The molecule has 25 heavy (non-hydrogen) atoms. The molecule has 0 aliphatic carbocycles. The fourth-order valence-corrected chi connectivity index (χ4v) is 3.39. The number of nitrogens with one attached hydrogen (secondary N) is 1. The average Bonchev–Trinajstić information content (AvgIpc) is 2.95. The predicted octanol–water partition coefficient (Wildman–Crippen LogP) is 2.51. The summed E-state index contributed by atoms with van der Waals surface area (Å²) in [4.78, 5) is 11.2. The third-order valence-electron chi connectivity index (χ3n) is 4.34. The number of hydrogen-bond donors (Lipinski definition) is 1. The van der Waals surface area contributed by atoms with Crippen LogP contribution in [-0.2, 0) is 0 Å². The molecule has 7 nitrogen and oxygen atoms in total. The lowest BCUT2D eigenvalue weighted by Gasteiger charge is -2.36. The van der Waals surface area contributed by atoms with Crippen LogP contribution in [0.1, 0.15) is 5.56 Å². The van der Waals surface area contributed by atoms with Gasteiger partial charge in [-0.3, -0.25) is 0 Å². The molecule has 3 heterocycles. The van der Waals surface area contributed by atoms with Gasteiger partial charge in [-0.25, -0.2) is 9.67 Å². The topological polar surface area (TPSA) is 68.1 Å². The van der Waals surface area contributed by atoms with E-state index in [0.717, 1.165) is 29.7 Å². The Balaban J connectivity index is 1.70. The molecule has 1 aromatic carbocycles. The maximum Gasteiger partial charge on any atom is 0.225 e. The molecule has 0 saturated carbocycles. The van der Waals surface area contributed by atoms with Crippen LogP contribution >= 0.6 is 11.6 Å². The number of aryl methyl sites for hydroxylation is 1. The molecule has 1 saturated heterocycles. The van der Waals surface area contributed by atoms with Gasteiger partial charge in [0.15, 0.2) is 5.65 Å². The van der Waals surface area contributed by atoms with Gasteiger partial charge in [0.2, 0.25) is 5.95 Å². The lowest BCUT2D eigenvalue weighted by molar-refractivity contribution is 0.204. The molecule has 0 unspecified atom stereocenters. The van der Waals surface area contributed by atoms with Gasteiger partial charge in [-0.05, 0) is 25.6 Å². The number of halogens is 1. The van der Waals surface area contributed by atoms with Crippen molar-refractivity contribution in [3.63, 3.8) is 0 Å². The maximum absolute atomic E-state index is 6.12. The van der Waals surface area contributed by atoms with Crippen molar-refractivity contribution in [3.8, 4) is 11.4 Å². The summed E-state index contributed by atoms with van der Waals surface area (Å²) in [6.45, 7) is 3.97. The third kappa shape index (κ3) is 3.01. The van der Waals surface area contributed by atoms with E-state index in [1.165, 1.54) is 0 Å². The highest BCUT2D eigenvalue weighted by Gasteiger charge is 2.23. The molecule has 0 bridgehead atoms. The lowest BCUT2D eigenvalue weighted by atomic mass is 10.1. The van der Waals surface area contributed by atoms with Crippen LogP contribution in [-0.4, -0.2) is 57.9 Å². The number of aromatic nitrogens is 4. The molecule has 3 aromatic rings. The van der Waals surface area contributed by atoms with Crippen LogP contribution in [0.2, 0.25) is 5.02 Å². The minimum absolute atomic E-state index is 0.392. The minimum Gasteiger partial charge on any atom is -0.494 e. The SMILES string of the molecule is COc1cc(Cl)cc(C)c1-n1cc2cnc(NC3CN(C)C3)nc2n1. The Kier molecular flexibility index (Phi) is 3.97. The molecule has 2 aromatic heterocycles. The highest BCUT2D eigenvalue weighted by atomic mass is 35.5. The first-order valence-electron chi connectivity index (χ1n) is 8.05. The number of fused-ring (bicyclic) bond motifs is 1. The highest BCUT2D eigenvalue weighted by Crippen LogP contribution is 2.30. The van der Waals surface area contributed by atoms with Gasteiger partial charge < -0.3 is 15.0 Å². The molecular formula is C17H19ClN6O. The molecule has 0 radical (unpaired) electrons. The molecule has 1 fully saturated rings. The van der Waals surface area contributed by atoms with Gasteiger partial charge >= 0.3 is 0 Å². The molecule has 1 aliphatic heterocycles. The van der Waals surface area contributed by atoms with Crippen molar-refractivity contribution in [3.05, 3.63) is 35.1 Å². The van der Waals surface area contributed by atoms with Crippen molar-refractivity contribution in [2.24, 2.45) is 0 Å². The van der Waals surface area contributed by atoms with Gasteiger partial charge in [-0.1, -0.05) is 11.6 Å². The van der Waals surface area contributed by atoms with Crippen LogP contribution in [0.4, 0.5) is 5.95 Å². The first-order chi connectivity index (χ1) is 12.0. The van der Waals surface area contributed by atoms with E-state index < -0.39 is 0 Å². The average molecular weight is 359 g/mol. The molecule has 1 N–H and O–H groups in total. The summed E-state index contributed by atoms with van der Waals surface area (Å²) in [6.07, 6.45) is 3.68. The maximum atomic E-state index is 6.12. The normalized spacial score (nSPS) is 15.4. The number of rotatable bonds is 4. The van der Waals surface area contributed by atoms with E-state index in [1.54, 1.807) is 24.1 Å². The number of benzene rings is 1. The quantitative estimate of drug-likeness (QED) is 0.773. The van der Waals surface area contributed by atoms with E-state index in [2.05, 4.69) is 32.3 Å². The number of hydrogen-bond acceptors (Lipinski definition) is 6. The summed E-state index contributed by atoms with van der Waals surface area (Å²) in [7, 11) is 3.71. The number of likely N-dealkylation sites (tertiary alicyclic amines) is 1. The number of likely N-dealkylation sites (N-methyl/N-ethyl adjacent to an activating group) is 1. The van der Waals surface area contributed by atoms with Gasteiger partial charge in [0.05, 0.1) is 18.5 Å². The summed E-state index contributed by atoms with van der Waals surface area (Å²) in [5.74, 6) is 1.28. The van der Waals surface area contributed by atoms with Crippen LogP contribution in [0.5, 0.6) is 5.75 Å². The Labute approximate surface area is 150 Å². The monoisotopic (exact) mass is 358 g/mol. The molecule has 0 atom stereocenters. The van der Waals surface area contributed by atoms with Crippen molar-refractivity contribution in [2.45, 2.75) is 13.0 Å². The Morgan fingerprint density at radius 1 is 1.32 bits per heavy atom. The Bertz CT molecular complexity index is 934. The summed E-state index contributed by atoms with van der Waals surface area (Å²) in [6, 6.07) is 4.06. The zero-order chi connectivity index (χ0) is 17.6. The number of anilines is 1. The van der Waals surface area contributed by atoms with E-state index in [9.17, 15) is 0 Å². The van der Waals surface area contributed by atoms with E-state index in [0.29, 0.717) is 28.4 Å². The smallest absolute Gasteiger partial charge is 0.225 e. The molecule has 1 aliphatic rings. The fourth-order valence-electron chi connectivity index (χ4n) is 3.13. The van der Waals surface area contributed by atoms with Gasteiger partial charge in [-0.15, -0.1) is 5.10 Å². The number of ether oxygens (including phenoxy) is 1. The van der Waals surface area contributed by atoms with Crippen LogP contribution < -0.4 is 10.1 Å². The van der Waals surface area contributed by atoms with Gasteiger partial charge in [0, 0.05) is 36.6 Å². The summed E-state index contributed by atoms with van der Waals surface area (Å²) >= 11 is 6.12. The second kappa shape index (κ2) is 6.16. The van der Waals surface area contributed by atoms with E-state index >= 15 is 0 Å². The Morgan fingerprint density at radius 3 is 2.84 bits per heavy atom. The van der Waals surface area contributed by atoms with Crippen molar-refractivity contribution in [2.75, 3.05) is 32.6 Å². The first kappa shape index (κ1) is 16.1. The Morgan fingerprint density at radius 2 is 2.12 bits per heavy atom. The molecular weight excluding hydrogens is 340 g/mol. The first-order valence-corrected chi connectivity index (χ1v) is 8.43. The largest absolute Gasteiger partial charge is 0.494 e. The van der Waals surface area contributed by atoms with Gasteiger partial charge in [0.25, 0.3) is 0 Å². The fraction of sp³-hybridized carbons (Fsp3) is 0.353. The van der Waals surface area contributed by atoms with Crippen molar-refractivity contribution in [1.82, 2.24) is 24.6 Å². The van der Waals surface area contributed by atoms with Crippen molar-refractivity contribution in [1.29, 1.82) is 0 Å². The predicted molar refractivity (Wildman–Crippen MR) is 97.9 cm³/mol. The molecule has 130 valence electrons. The summed E-state index contributed by atoms with van der Waals surface area (Å²) in [5, 5.41) is 9.44. The third-order valence-corrected chi connectivity index (χ3v) is 4.55. The number of methoxy groups -OCH3 is 1. The number of nitrogens with zero attached hydrogens (tertiary/aromatic N) is 5. The van der Waals surface area contributed by atoms with Crippen LogP contribution in [0.3, 0.4) is 0 Å². The Hall–Kier alpha value is -2.38.